The number of rotatable bonds is 4. The van der Waals surface area contributed by atoms with Crippen LogP contribution in [0.1, 0.15) is 22.5 Å². The summed E-state index contributed by atoms with van der Waals surface area (Å²) in [5.41, 5.74) is 0.989. The molecular formula is C20H22N4OS. The predicted molar refractivity (Wildman–Crippen MR) is 105 cm³/mol. The quantitative estimate of drug-likeness (QED) is 0.707. The molecule has 26 heavy (non-hydrogen) atoms. The maximum atomic E-state index is 13.2. The lowest BCUT2D eigenvalue weighted by atomic mass is 10.0. The van der Waals surface area contributed by atoms with Crippen LogP contribution in [0.5, 0.6) is 0 Å². The van der Waals surface area contributed by atoms with E-state index in [0.717, 1.165) is 36.5 Å². The molecule has 1 saturated heterocycles. The van der Waals surface area contributed by atoms with E-state index >= 15 is 0 Å². The number of carbonyl (C=O) groups is 1. The third-order valence-electron chi connectivity index (χ3n) is 4.76. The Morgan fingerprint density at radius 3 is 2.77 bits per heavy atom. The first-order chi connectivity index (χ1) is 12.7. The first-order valence-electron chi connectivity index (χ1n) is 8.89. The van der Waals surface area contributed by atoms with Gasteiger partial charge in [-0.15, -0.1) is 16.4 Å². The van der Waals surface area contributed by atoms with Crippen LogP contribution in [0.15, 0.2) is 60.1 Å². The van der Waals surface area contributed by atoms with Crippen molar-refractivity contribution in [1.82, 2.24) is 14.7 Å². The lowest BCUT2D eigenvalue weighted by molar-refractivity contribution is 0.0964. The van der Waals surface area contributed by atoms with Gasteiger partial charge in [-0.3, -0.25) is 9.69 Å². The molecule has 6 heteroatoms. The number of likely N-dealkylation sites (N-methyl/N-ethyl adjacent to an activating group) is 1. The fraction of sp³-hybridized carbons (Fsp3) is 0.300. The highest BCUT2D eigenvalue weighted by Crippen LogP contribution is 2.25. The van der Waals surface area contributed by atoms with Crippen molar-refractivity contribution in [2.24, 2.45) is 0 Å². The van der Waals surface area contributed by atoms with Crippen LogP contribution < -0.4 is 4.90 Å². The number of piperidine rings is 1. The Labute approximate surface area is 157 Å². The number of likely N-dealkylation sites (tertiary alicyclic amines) is 1. The fourth-order valence-corrected chi connectivity index (χ4v) is 4.15. The average Bonchev–Trinajstić information content (AvgIpc) is 3.35. The molecule has 1 atom stereocenters. The first kappa shape index (κ1) is 17.0. The van der Waals surface area contributed by atoms with Gasteiger partial charge in [0.2, 0.25) is 0 Å². The van der Waals surface area contributed by atoms with E-state index in [0.29, 0.717) is 5.82 Å². The maximum absolute atomic E-state index is 13.2. The highest BCUT2D eigenvalue weighted by molar-refractivity contribution is 7.12. The monoisotopic (exact) mass is 366 g/mol. The Kier molecular flexibility index (Phi) is 4.86. The summed E-state index contributed by atoms with van der Waals surface area (Å²) in [6, 6.07) is 15.9. The molecule has 0 bridgehead atoms. The van der Waals surface area contributed by atoms with E-state index < -0.39 is 0 Å². The van der Waals surface area contributed by atoms with E-state index in [4.69, 9.17) is 5.10 Å². The standard InChI is InChI=1S/C20H22N4OS/c1-22-12-5-9-17(15-22)24(20(25)18-10-6-14-26-18)19-11-13-23(21-19)16-7-3-2-4-8-16/h2-4,6-8,10-11,13-14,17H,5,9,12,15H2,1H3. The molecular weight excluding hydrogens is 344 g/mol. The van der Waals surface area contributed by atoms with Crippen molar-refractivity contribution in [1.29, 1.82) is 0 Å². The molecule has 1 aromatic carbocycles. The largest absolute Gasteiger partial charge is 0.304 e. The second-order valence-electron chi connectivity index (χ2n) is 6.66. The number of para-hydroxylation sites is 1. The van der Waals surface area contributed by atoms with E-state index in [1.54, 1.807) is 0 Å². The first-order valence-corrected chi connectivity index (χ1v) is 9.77. The Hall–Kier alpha value is -2.44. The van der Waals surface area contributed by atoms with Crippen molar-refractivity contribution in [2.45, 2.75) is 18.9 Å². The molecule has 3 heterocycles. The lowest BCUT2D eigenvalue weighted by Crippen LogP contribution is -2.49. The van der Waals surface area contributed by atoms with Gasteiger partial charge in [0.05, 0.1) is 16.6 Å². The second kappa shape index (κ2) is 7.43. The summed E-state index contributed by atoms with van der Waals surface area (Å²) in [5, 5.41) is 6.67. The van der Waals surface area contributed by atoms with Crippen LogP contribution in [0.3, 0.4) is 0 Å². The minimum absolute atomic E-state index is 0.0404. The van der Waals surface area contributed by atoms with Gasteiger partial charge in [0.25, 0.3) is 5.91 Å². The Bertz CT molecular complexity index is 859. The van der Waals surface area contributed by atoms with Crippen molar-refractivity contribution in [3.8, 4) is 5.69 Å². The van der Waals surface area contributed by atoms with Gasteiger partial charge in [-0.1, -0.05) is 24.3 Å². The van der Waals surface area contributed by atoms with Crippen LogP contribution in [0, 0.1) is 0 Å². The normalized spacial score (nSPS) is 18.0. The van der Waals surface area contributed by atoms with E-state index in [9.17, 15) is 4.79 Å². The van der Waals surface area contributed by atoms with E-state index in [1.807, 2.05) is 69.7 Å². The lowest BCUT2D eigenvalue weighted by Gasteiger charge is -2.36. The van der Waals surface area contributed by atoms with Crippen molar-refractivity contribution in [2.75, 3.05) is 25.0 Å². The molecule has 3 aromatic rings. The Balaban J connectivity index is 1.69. The number of hydrogen-bond donors (Lipinski definition) is 0. The van der Waals surface area contributed by atoms with Gasteiger partial charge >= 0.3 is 0 Å². The van der Waals surface area contributed by atoms with Crippen LogP contribution in [0.25, 0.3) is 5.69 Å². The summed E-state index contributed by atoms with van der Waals surface area (Å²) in [4.78, 5) is 18.2. The molecule has 0 N–H and O–H groups in total. The van der Waals surface area contributed by atoms with Gasteiger partial charge in [0.1, 0.15) is 0 Å². The van der Waals surface area contributed by atoms with Crippen molar-refractivity contribution in [3.05, 3.63) is 65.0 Å². The zero-order valence-corrected chi connectivity index (χ0v) is 15.6. The summed E-state index contributed by atoms with van der Waals surface area (Å²) < 4.78 is 1.83. The number of carbonyl (C=O) groups excluding carboxylic acids is 1. The summed E-state index contributed by atoms with van der Waals surface area (Å²) in [6.45, 7) is 1.95. The predicted octanol–water partition coefficient (Wildman–Crippen LogP) is 3.67. The summed E-state index contributed by atoms with van der Waals surface area (Å²) in [5.74, 6) is 0.756. The molecule has 1 fully saturated rings. The molecule has 134 valence electrons. The number of thiophene rings is 1. The van der Waals surface area contributed by atoms with Gasteiger partial charge < -0.3 is 4.90 Å². The molecule has 0 spiro atoms. The van der Waals surface area contributed by atoms with Crippen molar-refractivity contribution < 1.29 is 4.79 Å². The Morgan fingerprint density at radius 1 is 1.19 bits per heavy atom. The number of benzene rings is 1. The SMILES string of the molecule is CN1CCCC(N(C(=O)c2cccs2)c2ccn(-c3ccccc3)n2)C1. The van der Waals surface area contributed by atoms with Crippen LogP contribution in [-0.2, 0) is 0 Å². The smallest absolute Gasteiger partial charge is 0.269 e. The van der Waals surface area contributed by atoms with Crippen molar-refractivity contribution in [3.63, 3.8) is 0 Å². The number of hydrogen-bond acceptors (Lipinski definition) is 4. The van der Waals surface area contributed by atoms with Crippen LogP contribution in [-0.4, -0.2) is 46.8 Å². The van der Waals surface area contributed by atoms with E-state index in [2.05, 4.69) is 11.9 Å². The molecule has 5 nitrogen and oxygen atoms in total. The number of amides is 1. The summed E-state index contributed by atoms with van der Waals surface area (Å²) in [7, 11) is 2.11. The van der Waals surface area contributed by atoms with E-state index in [1.165, 1.54) is 11.3 Å². The topological polar surface area (TPSA) is 41.4 Å². The molecule has 0 saturated carbocycles. The van der Waals surface area contributed by atoms with Gasteiger partial charge in [0, 0.05) is 18.8 Å². The molecule has 0 radical (unpaired) electrons. The molecule has 1 amide bonds. The van der Waals surface area contributed by atoms with Gasteiger partial charge in [0.15, 0.2) is 5.82 Å². The summed E-state index contributed by atoms with van der Waals surface area (Å²) >= 11 is 1.48. The molecule has 2 aromatic heterocycles. The third kappa shape index (κ3) is 3.43. The van der Waals surface area contributed by atoms with Crippen LogP contribution in [0.4, 0.5) is 5.82 Å². The third-order valence-corrected chi connectivity index (χ3v) is 5.62. The zero-order valence-electron chi connectivity index (χ0n) is 14.8. The maximum Gasteiger partial charge on any atom is 0.269 e. The van der Waals surface area contributed by atoms with E-state index in [-0.39, 0.29) is 11.9 Å². The van der Waals surface area contributed by atoms with Crippen LogP contribution >= 0.6 is 11.3 Å². The van der Waals surface area contributed by atoms with Gasteiger partial charge in [-0.2, -0.15) is 0 Å². The minimum Gasteiger partial charge on any atom is -0.304 e. The van der Waals surface area contributed by atoms with Crippen LogP contribution in [0.2, 0.25) is 0 Å². The molecule has 0 aliphatic carbocycles. The highest BCUT2D eigenvalue weighted by Gasteiger charge is 2.31. The fourth-order valence-electron chi connectivity index (χ4n) is 3.49. The molecule has 4 rings (SSSR count). The number of aromatic nitrogens is 2. The highest BCUT2D eigenvalue weighted by atomic mass is 32.1. The number of anilines is 1. The molecule has 1 aliphatic rings. The second-order valence-corrected chi connectivity index (χ2v) is 7.61. The summed E-state index contributed by atoms with van der Waals surface area (Å²) in [6.07, 6.45) is 4.01. The number of nitrogens with zero attached hydrogens (tertiary/aromatic N) is 4. The average molecular weight is 366 g/mol. The minimum atomic E-state index is 0.0404. The molecule has 1 unspecified atom stereocenters. The Morgan fingerprint density at radius 2 is 2.04 bits per heavy atom. The van der Waals surface area contributed by atoms with Crippen molar-refractivity contribution >= 4 is 23.1 Å². The van der Waals surface area contributed by atoms with Gasteiger partial charge in [-0.05, 0) is 50.0 Å². The molecule has 1 aliphatic heterocycles. The van der Waals surface area contributed by atoms with Gasteiger partial charge in [-0.25, -0.2) is 4.68 Å². The zero-order chi connectivity index (χ0) is 17.9.